The number of hydrogen-bond acceptors (Lipinski definition) is 2. The molecule has 0 aliphatic carbocycles. The molecule has 20 heavy (non-hydrogen) atoms. The number of carbonyl (C=O) groups excluding carboxylic acids is 1. The van der Waals surface area contributed by atoms with Crippen molar-refractivity contribution in [1.29, 1.82) is 0 Å². The van der Waals surface area contributed by atoms with Crippen LogP contribution in [0.4, 0.5) is 5.69 Å². The highest BCUT2D eigenvalue weighted by Gasteiger charge is 2.17. The molecule has 3 heteroatoms. The Balaban J connectivity index is 2.65. The molecule has 0 aliphatic heterocycles. The van der Waals surface area contributed by atoms with Crippen LogP contribution in [0, 0.1) is 11.8 Å². The first-order valence-electron chi connectivity index (χ1n) is 7.53. The van der Waals surface area contributed by atoms with E-state index < -0.39 is 0 Å². The van der Waals surface area contributed by atoms with Crippen LogP contribution in [-0.2, 0) is 11.2 Å². The van der Waals surface area contributed by atoms with E-state index in [2.05, 4.69) is 32.9 Å². The Morgan fingerprint density at radius 1 is 1.25 bits per heavy atom. The molecule has 0 aromatic heterocycles. The molecule has 0 saturated carbocycles. The Morgan fingerprint density at radius 2 is 1.85 bits per heavy atom. The molecule has 0 heterocycles. The van der Waals surface area contributed by atoms with Crippen molar-refractivity contribution in [3.63, 3.8) is 0 Å². The fourth-order valence-electron chi connectivity index (χ4n) is 2.41. The van der Waals surface area contributed by atoms with E-state index in [0.717, 1.165) is 18.5 Å². The number of rotatable bonds is 7. The highest BCUT2D eigenvalue weighted by Crippen LogP contribution is 2.19. The molecule has 0 unspecified atom stereocenters. The van der Waals surface area contributed by atoms with Gasteiger partial charge in [-0.1, -0.05) is 32.9 Å². The monoisotopic (exact) mass is 276 g/mol. The van der Waals surface area contributed by atoms with Crippen molar-refractivity contribution < 1.29 is 4.79 Å². The van der Waals surface area contributed by atoms with Gasteiger partial charge in [0.2, 0.25) is 5.91 Å². The summed E-state index contributed by atoms with van der Waals surface area (Å²) >= 11 is 0. The lowest BCUT2D eigenvalue weighted by atomic mass is 9.94. The summed E-state index contributed by atoms with van der Waals surface area (Å²) in [6.45, 7) is 7.04. The van der Waals surface area contributed by atoms with Gasteiger partial charge in [0.15, 0.2) is 0 Å². The van der Waals surface area contributed by atoms with E-state index in [9.17, 15) is 4.79 Å². The first-order valence-corrected chi connectivity index (χ1v) is 7.53. The van der Waals surface area contributed by atoms with Crippen molar-refractivity contribution >= 4 is 11.6 Å². The Kier molecular flexibility index (Phi) is 6.73. The lowest BCUT2D eigenvalue weighted by Gasteiger charge is -2.22. The summed E-state index contributed by atoms with van der Waals surface area (Å²) in [7, 11) is 1.84. The van der Waals surface area contributed by atoms with Gasteiger partial charge in [0.1, 0.15) is 0 Å². The first-order chi connectivity index (χ1) is 9.47. The zero-order valence-electron chi connectivity index (χ0n) is 13.2. The highest BCUT2D eigenvalue weighted by atomic mass is 16.2. The van der Waals surface area contributed by atoms with E-state index in [1.165, 1.54) is 5.56 Å². The van der Waals surface area contributed by atoms with Crippen LogP contribution < -0.4 is 10.6 Å². The molecule has 112 valence electrons. The van der Waals surface area contributed by atoms with Crippen LogP contribution in [0.5, 0.6) is 0 Å². The minimum absolute atomic E-state index is 0.144. The minimum atomic E-state index is 0.144. The Morgan fingerprint density at radius 3 is 2.30 bits per heavy atom. The fourth-order valence-corrected chi connectivity index (χ4v) is 2.41. The summed E-state index contributed by atoms with van der Waals surface area (Å²) < 4.78 is 0. The molecular weight excluding hydrogens is 248 g/mol. The SMILES string of the molecule is CCc1ccc(N(C)C(=O)C[C@@H](CN)CC(C)C)cc1. The molecule has 1 rings (SSSR count). The molecular formula is C17H28N2O. The number of anilines is 1. The summed E-state index contributed by atoms with van der Waals surface area (Å²) in [5.74, 6) is 0.996. The molecule has 1 aromatic carbocycles. The van der Waals surface area contributed by atoms with Crippen LogP contribution in [0.2, 0.25) is 0 Å². The maximum absolute atomic E-state index is 12.3. The average Bonchev–Trinajstić information content (AvgIpc) is 2.45. The van der Waals surface area contributed by atoms with Crippen LogP contribution in [0.25, 0.3) is 0 Å². The van der Waals surface area contributed by atoms with Crippen molar-refractivity contribution in [2.24, 2.45) is 17.6 Å². The van der Waals surface area contributed by atoms with Crippen LogP contribution in [0.15, 0.2) is 24.3 Å². The Bertz CT molecular complexity index is 412. The van der Waals surface area contributed by atoms with Crippen molar-refractivity contribution in [2.45, 2.75) is 40.0 Å². The van der Waals surface area contributed by atoms with E-state index in [1.807, 2.05) is 19.2 Å². The van der Waals surface area contributed by atoms with E-state index in [0.29, 0.717) is 18.9 Å². The third-order valence-corrected chi connectivity index (χ3v) is 3.71. The molecule has 3 nitrogen and oxygen atoms in total. The van der Waals surface area contributed by atoms with Crippen LogP contribution in [0.3, 0.4) is 0 Å². The van der Waals surface area contributed by atoms with Gasteiger partial charge in [0.25, 0.3) is 0 Å². The molecule has 0 saturated heterocycles. The second-order valence-corrected chi connectivity index (χ2v) is 5.91. The predicted octanol–water partition coefficient (Wildman–Crippen LogP) is 3.22. The molecule has 0 fully saturated rings. The van der Waals surface area contributed by atoms with Gasteiger partial charge in [-0.05, 0) is 48.9 Å². The summed E-state index contributed by atoms with van der Waals surface area (Å²) in [6, 6.07) is 8.18. The number of aryl methyl sites for hydroxylation is 1. The van der Waals surface area contributed by atoms with Gasteiger partial charge in [-0.25, -0.2) is 0 Å². The Labute approximate surface area is 123 Å². The second kappa shape index (κ2) is 8.05. The van der Waals surface area contributed by atoms with E-state index in [1.54, 1.807) is 4.90 Å². The van der Waals surface area contributed by atoms with Gasteiger partial charge in [-0.3, -0.25) is 4.79 Å². The fraction of sp³-hybridized carbons (Fsp3) is 0.588. The van der Waals surface area contributed by atoms with Gasteiger partial charge in [-0.15, -0.1) is 0 Å². The predicted molar refractivity (Wildman–Crippen MR) is 85.8 cm³/mol. The average molecular weight is 276 g/mol. The zero-order valence-corrected chi connectivity index (χ0v) is 13.2. The number of nitrogens with two attached hydrogens (primary N) is 1. The number of benzene rings is 1. The van der Waals surface area contributed by atoms with Crippen LogP contribution >= 0.6 is 0 Å². The third kappa shape index (κ3) is 4.97. The molecule has 1 atom stereocenters. The number of hydrogen-bond donors (Lipinski definition) is 1. The maximum atomic E-state index is 12.3. The second-order valence-electron chi connectivity index (χ2n) is 5.91. The minimum Gasteiger partial charge on any atom is -0.330 e. The normalized spacial score (nSPS) is 12.5. The number of amides is 1. The van der Waals surface area contributed by atoms with Crippen LogP contribution in [-0.4, -0.2) is 19.5 Å². The summed E-state index contributed by atoms with van der Waals surface area (Å²) in [6.07, 6.45) is 2.55. The molecule has 1 amide bonds. The van der Waals surface area contributed by atoms with Crippen molar-refractivity contribution in [2.75, 3.05) is 18.5 Å². The van der Waals surface area contributed by atoms with Gasteiger partial charge in [-0.2, -0.15) is 0 Å². The standard InChI is InChI=1S/C17H28N2O/c1-5-14-6-8-16(9-7-14)19(4)17(20)11-15(12-18)10-13(2)3/h6-9,13,15H,5,10-12,18H2,1-4H3/t15-/m0/s1. The summed E-state index contributed by atoms with van der Waals surface area (Å²) in [5.41, 5.74) is 8.01. The maximum Gasteiger partial charge on any atom is 0.227 e. The third-order valence-electron chi connectivity index (χ3n) is 3.71. The molecule has 0 aliphatic rings. The zero-order chi connectivity index (χ0) is 15.1. The van der Waals surface area contributed by atoms with Crippen molar-refractivity contribution in [3.05, 3.63) is 29.8 Å². The molecule has 0 radical (unpaired) electrons. The smallest absolute Gasteiger partial charge is 0.227 e. The van der Waals surface area contributed by atoms with Gasteiger partial charge >= 0.3 is 0 Å². The van der Waals surface area contributed by atoms with E-state index in [-0.39, 0.29) is 11.8 Å². The van der Waals surface area contributed by atoms with E-state index >= 15 is 0 Å². The van der Waals surface area contributed by atoms with Crippen molar-refractivity contribution in [3.8, 4) is 0 Å². The molecule has 2 N–H and O–H groups in total. The van der Waals surface area contributed by atoms with E-state index in [4.69, 9.17) is 5.73 Å². The largest absolute Gasteiger partial charge is 0.330 e. The molecule has 0 bridgehead atoms. The van der Waals surface area contributed by atoms with Crippen molar-refractivity contribution in [1.82, 2.24) is 0 Å². The quantitative estimate of drug-likeness (QED) is 0.831. The summed E-state index contributed by atoms with van der Waals surface area (Å²) in [5, 5.41) is 0. The molecule has 0 spiro atoms. The first kappa shape index (κ1) is 16.7. The number of carbonyl (C=O) groups is 1. The topological polar surface area (TPSA) is 46.3 Å². The van der Waals surface area contributed by atoms with Gasteiger partial charge < -0.3 is 10.6 Å². The number of nitrogens with zero attached hydrogens (tertiary/aromatic N) is 1. The van der Waals surface area contributed by atoms with Crippen LogP contribution in [0.1, 0.15) is 39.2 Å². The summed E-state index contributed by atoms with van der Waals surface area (Å²) in [4.78, 5) is 14.1. The lowest BCUT2D eigenvalue weighted by molar-refractivity contribution is -0.119. The molecule has 1 aromatic rings. The van der Waals surface area contributed by atoms with Gasteiger partial charge in [0.05, 0.1) is 0 Å². The lowest BCUT2D eigenvalue weighted by Crippen LogP contribution is -2.30. The van der Waals surface area contributed by atoms with Gasteiger partial charge in [0, 0.05) is 19.2 Å². The Hall–Kier alpha value is -1.35. The highest BCUT2D eigenvalue weighted by molar-refractivity contribution is 5.92.